The predicted octanol–water partition coefficient (Wildman–Crippen LogP) is 4.05. The van der Waals surface area contributed by atoms with Crippen LogP contribution >= 0.6 is 0 Å². The average Bonchev–Trinajstić information content (AvgIpc) is 3.00. The predicted molar refractivity (Wildman–Crippen MR) is 115 cm³/mol. The van der Waals surface area contributed by atoms with Crippen LogP contribution in [0.15, 0.2) is 41.6 Å². The molecule has 0 saturated heterocycles. The minimum absolute atomic E-state index is 0.106. The molecule has 0 radical (unpaired) electrons. The number of hydrogen-bond acceptors (Lipinski definition) is 4. The topological polar surface area (TPSA) is 75.7 Å². The van der Waals surface area contributed by atoms with Crippen molar-refractivity contribution >= 4 is 17.8 Å². The van der Waals surface area contributed by atoms with E-state index in [0.717, 1.165) is 29.7 Å². The Morgan fingerprint density at radius 1 is 1.15 bits per heavy atom. The number of benzene rings is 1. The first-order valence-electron chi connectivity index (χ1n) is 11.3. The molecule has 1 aliphatic carbocycles. The number of rotatable bonds is 7. The molecule has 6 nitrogen and oxygen atoms in total. The van der Waals surface area contributed by atoms with E-state index >= 15 is 0 Å². The van der Waals surface area contributed by atoms with Crippen molar-refractivity contribution in [1.82, 2.24) is 10.2 Å². The molecule has 2 aliphatic rings. The molecule has 1 heterocycles. The van der Waals surface area contributed by atoms with Gasteiger partial charge in [0.25, 0.3) is 5.91 Å². The van der Waals surface area contributed by atoms with Crippen molar-refractivity contribution in [2.75, 3.05) is 6.61 Å². The SMILES string of the molecule is CCOC(=O)C1=C(C)N(C2CCCCC2)C(=O)[C@@]1(NC(=O)CCc1ccccc1)C(F)(F)F. The summed E-state index contributed by atoms with van der Waals surface area (Å²) in [5, 5.41) is 1.93. The van der Waals surface area contributed by atoms with Gasteiger partial charge >= 0.3 is 12.1 Å². The largest absolute Gasteiger partial charge is 0.462 e. The van der Waals surface area contributed by atoms with E-state index in [0.29, 0.717) is 12.8 Å². The molecule has 9 heteroatoms. The maximum Gasteiger partial charge on any atom is 0.425 e. The highest BCUT2D eigenvalue weighted by atomic mass is 19.4. The lowest BCUT2D eigenvalue weighted by atomic mass is 9.88. The second-order valence-corrected chi connectivity index (χ2v) is 8.43. The minimum atomic E-state index is -5.24. The number of esters is 1. The van der Waals surface area contributed by atoms with Crippen LogP contribution in [0.4, 0.5) is 13.2 Å². The third kappa shape index (κ3) is 4.77. The Bertz CT molecular complexity index is 923. The molecule has 0 unspecified atom stereocenters. The van der Waals surface area contributed by atoms with Crippen LogP contribution in [0.25, 0.3) is 0 Å². The van der Waals surface area contributed by atoms with Crippen LogP contribution in [-0.2, 0) is 25.5 Å². The van der Waals surface area contributed by atoms with Gasteiger partial charge in [-0.3, -0.25) is 9.59 Å². The number of carbonyl (C=O) groups is 3. The third-order valence-corrected chi connectivity index (χ3v) is 6.29. The smallest absolute Gasteiger partial charge is 0.425 e. The van der Waals surface area contributed by atoms with Crippen molar-refractivity contribution in [3.63, 3.8) is 0 Å². The maximum atomic E-state index is 14.7. The molecule has 1 atom stereocenters. The summed E-state index contributed by atoms with van der Waals surface area (Å²) in [4.78, 5) is 40.0. The molecular weight excluding hydrogens is 437 g/mol. The molecule has 0 bridgehead atoms. The zero-order valence-electron chi connectivity index (χ0n) is 18.8. The summed E-state index contributed by atoms with van der Waals surface area (Å²) in [5.41, 5.74) is -3.65. The molecule has 1 fully saturated rings. The maximum absolute atomic E-state index is 14.7. The van der Waals surface area contributed by atoms with Gasteiger partial charge in [0.15, 0.2) is 0 Å². The zero-order valence-corrected chi connectivity index (χ0v) is 18.8. The van der Waals surface area contributed by atoms with Crippen LogP contribution in [-0.4, -0.2) is 47.0 Å². The van der Waals surface area contributed by atoms with Gasteiger partial charge < -0.3 is 15.0 Å². The summed E-state index contributed by atoms with van der Waals surface area (Å²) in [6, 6.07) is 8.37. The van der Waals surface area contributed by atoms with E-state index in [1.165, 1.54) is 13.8 Å². The van der Waals surface area contributed by atoms with E-state index in [2.05, 4.69) is 0 Å². The zero-order chi connectivity index (χ0) is 24.2. The Hall–Kier alpha value is -2.84. The van der Waals surface area contributed by atoms with Gasteiger partial charge in [0.1, 0.15) is 5.57 Å². The summed E-state index contributed by atoms with van der Waals surface area (Å²) >= 11 is 0. The Morgan fingerprint density at radius 2 is 1.79 bits per heavy atom. The lowest BCUT2D eigenvalue weighted by Gasteiger charge is -2.36. The van der Waals surface area contributed by atoms with E-state index in [1.807, 2.05) is 5.32 Å². The fourth-order valence-electron chi connectivity index (χ4n) is 4.74. The number of carbonyl (C=O) groups excluding carboxylic acids is 3. The first-order chi connectivity index (χ1) is 15.6. The number of aryl methyl sites for hydroxylation is 1. The van der Waals surface area contributed by atoms with E-state index in [9.17, 15) is 27.6 Å². The van der Waals surface area contributed by atoms with E-state index < -0.39 is 41.1 Å². The standard InChI is InChI=1S/C24H29F3N2O4/c1-3-33-21(31)20-16(2)29(18-12-8-5-9-13-18)22(32)23(20,24(25,26)27)28-19(30)15-14-17-10-6-4-7-11-17/h4,6-7,10-11,18H,3,5,8-9,12-15H2,1-2H3,(H,28,30)/t23-/m1/s1. The highest BCUT2D eigenvalue weighted by Gasteiger charge is 2.71. The van der Waals surface area contributed by atoms with Crippen LogP contribution in [0.2, 0.25) is 0 Å². The second-order valence-electron chi connectivity index (χ2n) is 8.43. The number of ether oxygens (including phenoxy) is 1. The number of nitrogens with zero attached hydrogens (tertiary/aromatic N) is 1. The number of alkyl halides is 3. The molecule has 2 amide bonds. The number of allylic oxidation sites excluding steroid dienone is 1. The molecule has 33 heavy (non-hydrogen) atoms. The van der Waals surface area contributed by atoms with Gasteiger partial charge in [-0.2, -0.15) is 13.2 Å². The van der Waals surface area contributed by atoms with Gasteiger partial charge in [-0.15, -0.1) is 0 Å². The summed E-state index contributed by atoms with van der Waals surface area (Å²) in [5.74, 6) is -3.55. The molecule has 1 aliphatic heterocycles. The molecule has 1 aromatic rings. The van der Waals surface area contributed by atoms with Gasteiger partial charge in [-0.1, -0.05) is 49.6 Å². The molecular formula is C24H29F3N2O4. The van der Waals surface area contributed by atoms with Crippen molar-refractivity contribution in [3.05, 3.63) is 47.2 Å². The Kier molecular flexibility index (Phi) is 7.49. The molecule has 1 saturated carbocycles. The molecule has 0 aromatic heterocycles. The summed E-state index contributed by atoms with van der Waals surface area (Å²) in [7, 11) is 0. The van der Waals surface area contributed by atoms with E-state index in [4.69, 9.17) is 4.74 Å². The fourth-order valence-corrected chi connectivity index (χ4v) is 4.74. The molecule has 3 rings (SSSR count). The van der Waals surface area contributed by atoms with Crippen LogP contribution in [0.3, 0.4) is 0 Å². The van der Waals surface area contributed by atoms with E-state index in [-0.39, 0.29) is 25.1 Å². The Morgan fingerprint density at radius 3 is 2.36 bits per heavy atom. The summed E-state index contributed by atoms with van der Waals surface area (Å²) in [6.45, 7) is 2.63. The van der Waals surface area contributed by atoms with Crippen molar-refractivity contribution in [2.24, 2.45) is 0 Å². The van der Waals surface area contributed by atoms with Gasteiger partial charge in [-0.05, 0) is 38.7 Å². The second kappa shape index (κ2) is 9.97. The highest BCUT2D eigenvalue weighted by Crippen LogP contribution is 2.47. The van der Waals surface area contributed by atoms with Crippen LogP contribution in [0, 0.1) is 0 Å². The average molecular weight is 467 g/mol. The van der Waals surface area contributed by atoms with Crippen LogP contribution in [0.1, 0.15) is 57.9 Å². The Balaban J connectivity index is 1.99. The lowest BCUT2D eigenvalue weighted by molar-refractivity contribution is -0.197. The number of nitrogens with one attached hydrogen (secondary N) is 1. The third-order valence-electron chi connectivity index (χ3n) is 6.29. The van der Waals surface area contributed by atoms with Crippen molar-refractivity contribution < 1.29 is 32.3 Å². The monoisotopic (exact) mass is 466 g/mol. The fraction of sp³-hybridized carbons (Fsp3) is 0.542. The van der Waals surface area contributed by atoms with Gasteiger partial charge in [0, 0.05) is 18.2 Å². The van der Waals surface area contributed by atoms with Crippen molar-refractivity contribution in [2.45, 2.75) is 76.6 Å². The van der Waals surface area contributed by atoms with Crippen molar-refractivity contribution in [1.29, 1.82) is 0 Å². The normalized spacial score (nSPS) is 22.0. The molecule has 180 valence electrons. The highest BCUT2D eigenvalue weighted by molar-refractivity contribution is 6.10. The van der Waals surface area contributed by atoms with Gasteiger partial charge in [-0.25, -0.2) is 4.79 Å². The molecule has 1 aromatic carbocycles. The van der Waals surface area contributed by atoms with E-state index in [1.54, 1.807) is 30.3 Å². The summed E-state index contributed by atoms with van der Waals surface area (Å²) in [6.07, 6.45) is -1.75. The molecule has 1 N–H and O–H groups in total. The molecule has 0 spiro atoms. The first kappa shape index (κ1) is 24.8. The van der Waals surface area contributed by atoms with Gasteiger partial charge in [0.2, 0.25) is 11.4 Å². The van der Waals surface area contributed by atoms with Crippen LogP contribution < -0.4 is 5.32 Å². The lowest BCUT2D eigenvalue weighted by Crippen LogP contribution is -2.66. The summed E-state index contributed by atoms with van der Waals surface area (Å²) < 4.78 is 48.9. The number of halogens is 3. The van der Waals surface area contributed by atoms with Crippen LogP contribution in [0.5, 0.6) is 0 Å². The van der Waals surface area contributed by atoms with Crippen molar-refractivity contribution in [3.8, 4) is 0 Å². The number of amides is 2. The van der Waals surface area contributed by atoms with Gasteiger partial charge in [0.05, 0.1) is 6.61 Å². The Labute approximate surface area is 191 Å². The quantitative estimate of drug-likeness (QED) is 0.616. The number of hydrogen-bond donors (Lipinski definition) is 1. The minimum Gasteiger partial charge on any atom is -0.462 e. The first-order valence-corrected chi connectivity index (χ1v) is 11.3.